The number of ether oxygens (including phenoxy) is 2. The van der Waals surface area contributed by atoms with Gasteiger partial charge in [-0.25, -0.2) is 0 Å². The Morgan fingerprint density at radius 1 is 1.12 bits per heavy atom. The minimum atomic E-state index is -0.285. The summed E-state index contributed by atoms with van der Waals surface area (Å²) in [6.45, 7) is 4.80. The Hall–Kier alpha value is -3.04. The molecule has 0 radical (unpaired) electrons. The zero-order valence-corrected chi connectivity index (χ0v) is 20.8. The normalized spacial score (nSPS) is 16.1. The molecule has 1 aromatic heterocycles. The maximum Gasteiger partial charge on any atom is 0.258 e. The number of hydrogen-bond donors (Lipinski definition) is 1. The summed E-state index contributed by atoms with van der Waals surface area (Å²) in [7, 11) is 3.24. The molecule has 0 fully saturated rings. The van der Waals surface area contributed by atoms with Gasteiger partial charge in [0, 0.05) is 22.7 Å². The number of rotatable bonds is 7. The molecule has 0 saturated heterocycles. The van der Waals surface area contributed by atoms with E-state index in [1.165, 1.54) is 4.90 Å². The van der Waals surface area contributed by atoms with E-state index >= 15 is 0 Å². The summed E-state index contributed by atoms with van der Waals surface area (Å²) in [4.78, 5) is 7.95. The maximum atomic E-state index is 5.78. The fourth-order valence-electron chi connectivity index (χ4n) is 3.91. The van der Waals surface area contributed by atoms with E-state index in [4.69, 9.17) is 31.2 Å². The highest BCUT2D eigenvalue weighted by atomic mass is 32.2. The highest BCUT2D eigenvalue weighted by molar-refractivity contribution is 7.98. The lowest BCUT2D eigenvalue weighted by Gasteiger charge is -2.36. The van der Waals surface area contributed by atoms with Crippen molar-refractivity contribution in [1.82, 2.24) is 20.4 Å². The van der Waals surface area contributed by atoms with Gasteiger partial charge in [0.25, 0.3) is 5.89 Å². The van der Waals surface area contributed by atoms with Gasteiger partial charge >= 0.3 is 0 Å². The molecule has 4 rings (SSSR count). The van der Waals surface area contributed by atoms with Crippen LogP contribution < -0.4 is 14.8 Å². The van der Waals surface area contributed by atoms with Crippen molar-refractivity contribution in [2.24, 2.45) is 0 Å². The van der Waals surface area contributed by atoms with Gasteiger partial charge in [-0.3, -0.25) is 0 Å². The summed E-state index contributed by atoms with van der Waals surface area (Å²) in [5, 5.41) is 8.34. The third-order valence-electron chi connectivity index (χ3n) is 5.66. The first-order valence-electron chi connectivity index (χ1n) is 10.5. The zero-order valence-electron chi connectivity index (χ0n) is 19.2. The second kappa shape index (κ2) is 9.84. The molecule has 0 spiro atoms. The maximum absolute atomic E-state index is 5.78. The van der Waals surface area contributed by atoms with Gasteiger partial charge in [-0.05, 0) is 74.3 Å². The van der Waals surface area contributed by atoms with Crippen LogP contribution in [0.4, 0.5) is 0 Å². The second-order valence-corrected chi connectivity index (χ2v) is 8.66. The van der Waals surface area contributed by atoms with E-state index in [1.54, 1.807) is 26.0 Å². The fraction of sp³-hybridized carbons (Fsp3) is 0.292. The van der Waals surface area contributed by atoms with Crippen molar-refractivity contribution in [2.75, 3.05) is 27.0 Å². The molecule has 1 atom stereocenters. The molecule has 0 saturated carbocycles. The number of thiocarbonyl (C=S) groups is 1. The molecule has 1 N–H and O–H groups in total. The van der Waals surface area contributed by atoms with Crippen molar-refractivity contribution >= 4 is 34.7 Å². The Morgan fingerprint density at radius 2 is 1.85 bits per heavy atom. The van der Waals surface area contributed by atoms with Crippen molar-refractivity contribution in [3.05, 3.63) is 59.6 Å². The first-order chi connectivity index (χ1) is 16.0. The van der Waals surface area contributed by atoms with E-state index in [0.29, 0.717) is 28.3 Å². The van der Waals surface area contributed by atoms with Crippen LogP contribution in [0.2, 0.25) is 0 Å². The molecule has 9 heteroatoms. The van der Waals surface area contributed by atoms with Crippen molar-refractivity contribution in [3.8, 4) is 22.9 Å². The molecule has 3 aromatic rings. The molecule has 172 valence electrons. The lowest BCUT2D eigenvalue weighted by Crippen LogP contribution is -2.45. The van der Waals surface area contributed by atoms with Gasteiger partial charge in [0.05, 0.1) is 25.8 Å². The molecule has 1 aliphatic heterocycles. The predicted octanol–water partition coefficient (Wildman–Crippen LogP) is 5.16. The monoisotopic (exact) mass is 482 g/mol. The molecular weight excluding hydrogens is 456 g/mol. The molecule has 33 heavy (non-hydrogen) atoms. The smallest absolute Gasteiger partial charge is 0.258 e. The zero-order chi connectivity index (χ0) is 23.5. The number of nitrogens with one attached hydrogen (secondary N) is 1. The molecule has 7 nitrogen and oxygen atoms in total. The van der Waals surface area contributed by atoms with Gasteiger partial charge in [-0.15, -0.1) is 11.8 Å². The minimum Gasteiger partial charge on any atom is -0.493 e. The van der Waals surface area contributed by atoms with Gasteiger partial charge in [0.1, 0.15) is 0 Å². The van der Waals surface area contributed by atoms with Gasteiger partial charge in [-0.2, -0.15) is 4.98 Å². The van der Waals surface area contributed by atoms with Crippen LogP contribution in [0, 0.1) is 0 Å². The van der Waals surface area contributed by atoms with Crippen molar-refractivity contribution < 1.29 is 14.0 Å². The molecule has 0 bridgehead atoms. The van der Waals surface area contributed by atoms with E-state index in [-0.39, 0.29) is 6.04 Å². The minimum absolute atomic E-state index is 0.285. The summed E-state index contributed by atoms with van der Waals surface area (Å²) in [6.07, 6.45) is 2.05. The Morgan fingerprint density at radius 3 is 2.48 bits per heavy atom. The predicted molar refractivity (Wildman–Crippen MR) is 135 cm³/mol. The molecule has 1 aliphatic rings. The quantitative estimate of drug-likeness (QED) is 0.363. The second-order valence-electron chi connectivity index (χ2n) is 7.39. The molecule has 1 unspecified atom stereocenters. The number of nitrogens with zero attached hydrogens (tertiary/aromatic N) is 3. The number of hydrogen-bond acceptors (Lipinski definition) is 7. The van der Waals surface area contributed by atoms with Crippen LogP contribution in [0.15, 0.2) is 57.6 Å². The number of benzene rings is 2. The average Bonchev–Trinajstić information content (AvgIpc) is 3.33. The highest BCUT2D eigenvalue weighted by Crippen LogP contribution is 2.40. The SMILES string of the molecule is CCN1C(=S)NC(c2ccc(OC)c(OC)c2)C(c2nc(-c3ccc(SC)cc3)no2)=C1C. The molecule has 0 amide bonds. The summed E-state index contributed by atoms with van der Waals surface area (Å²) in [5.41, 5.74) is 3.69. The van der Waals surface area contributed by atoms with Crippen LogP contribution in [0.3, 0.4) is 0 Å². The van der Waals surface area contributed by atoms with Gasteiger partial charge in [0.2, 0.25) is 5.82 Å². The largest absolute Gasteiger partial charge is 0.493 e. The van der Waals surface area contributed by atoms with Crippen LogP contribution in [0.1, 0.15) is 31.3 Å². The van der Waals surface area contributed by atoms with Gasteiger partial charge in [-0.1, -0.05) is 11.2 Å². The Labute approximate surface area is 203 Å². The van der Waals surface area contributed by atoms with E-state index in [1.807, 2.05) is 60.5 Å². The summed E-state index contributed by atoms with van der Waals surface area (Å²) >= 11 is 7.35. The van der Waals surface area contributed by atoms with E-state index in [2.05, 4.69) is 17.4 Å². The first kappa shape index (κ1) is 23.1. The lowest BCUT2D eigenvalue weighted by molar-refractivity contribution is 0.354. The average molecular weight is 483 g/mol. The number of aromatic nitrogens is 2. The summed E-state index contributed by atoms with van der Waals surface area (Å²) in [5.74, 6) is 2.29. The van der Waals surface area contributed by atoms with Crippen LogP contribution in [-0.4, -0.2) is 47.2 Å². The Bertz CT molecular complexity index is 1190. The first-order valence-corrected chi connectivity index (χ1v) is 12.1. The Balaban J connectivity index is 1.79. The third kappa shape index (κ3) is 4.43. The van der Waals surface area contributed by atoms with E-state index in [9.17, 15) is 0 Å². The van der Waals surface area contributed by atoms with Crippen LogP contribution in [0.25, 0.3) is 17.0 Å². The van der Waals surface area contributed by atoms with Crippen LogP contribution in [-0.2, 0) is 0 Å². The molecule has 2 heterocycles. The van der Waals surface area contributed by atoms with Gasteiger partial charge in [0.15, 0.2) is 16.6 Å². The number of allylic oxidation sites excluding steroid dienone is 1. The van der Waals surface area contributed by atoms with Crippen molar-refractivity contribution in [3.63, 3.8) is 0 Å². The van der Waals surface area contributed by atoms with Crippen LogP contribution in [0.5, 0.6) is 11.5 Å². The summed E-state index contributed by atoms with van der Waals surface area (Å²) < 4.78 is 16.7. The standard InChI is InChI=1S/C24H26N4O3S2/c1-6-28-14(2)20(23-26-22(27-31-23)15-7-10-17(33-5)11-8-15)21(25-24(28)32)16-9-12-18(29-3)19(13-16)30-4/h7-13,21H,6H2,1-5H3,(H,25,32). The fourth-order valence-corrected chi connectivity index (χ4v) is 4.70. The van der Waals surface area contributed by atoms with Gasteiger partial charge < -0.3 is 24.2 Å². The topological polar surface area (TPSA) is 72.7 Å². The van der Waals surface area contributed by atoms with Crippen molar-refractivity contribution in [1.29, 1.82) is 0 Å². The highest BCUT2D eigenvalue weighted by Gasteiger charge is 2.34. The van der Waals surface area contributed by atoms with E-state index < -0.39 is 0 Å². The summed E-state index contributed by atoms with van der Waals surface area (Å²) in [6, 6.07) is 13.6. The third-order valence-corrected chi connectivity index (χ3v) is 6.74. The van der Waals surface area contributed by atoms with Crippen LogP contribution >= 0.6 is 24.0 Å². The lowest BCUT2D eigenvalue weighted by atomic mass is 9.94. The number of methoxy groups -OCH3 is 2. The van der Waals surface area contributed by atoms with E-state index in [0.717, 1.165) is 28.9 Å². The Kier molecular flexibility index (Phi) is 6.90. The molecule has 0 aliphatic carbocycles. The number of thioether (sulfide) groups is 1. The van der Waals surface area contributed by atoms with Crippen molar-refractivity contribution in [2.45, 2.75) is 24.8 Å². The molecule has 2 aromatic carbocycles. The molecular formula is C24H26N4O3S2.